The Morgan fingerprint density at radius 2 is 2.00 bits per heavy atom. The Bertz CT molecular complexity index is 795. The van der Waals surface area contributed by atoms with Gasteiger partial charge in [0.2, 0.25) is 5.95 Å². The molecule has 1 heterocycles. The van der Waals surface area contributed by atoms with Crippen LogP contribution >= 0.6 is 0 Å². The van der Waals surface area contributed by atoms with Crippen molar-refractivity contribution in [1.82, 2.24) is 20.0 Å². The van der Waals surface area contributed by atoms with E-state index in [9.17, 15) is 4.79 Å². The quantitative estimate of drug-likeness (QED) is 0.456. The van der Waals surface area contributed by atoms with Crippen LogP contribution in [0.3, 0.4) is 0 Å². The topological polar surface area (TPSA) is 90.3 Å². The molecule has 0 unspecified atom stereocenters. The number of hydrazine groups is 1. The van der Waals surface area contributed by atoms with E-state index in [0.717, 1.165) is 0 Å². The molecule has 120 valence electrons. The summed E-state index contributed by atoms with van der Waals surface area (Å²) in [5.74, 6) is 4.08. The molecule has 0 bridgehead atoms. The molecule has 8 nitrogen and oxygen atoms in total. The fourth-order valence-corrected chi connectivity index (χ4v) is 2.00. The second-order valence-electron chi connectivity index (χ2n) is 4.43. The van der Waals surface area contributed by atoms with Crippen molar-refractivity contribution in [3.63, 3.8) is 0 Å². The fourth-order valence-electron chi connectivity index (χ4n) is 2.00. The third kappa shape index (κ3) is 3.59. The highest BCUT2D eigenvalue weighted by molar-refractivity contribution is 5.49. The van der Waals surface area contributed by atoms with E-state index in [-0.39, 0.29) is 12.5 Å². The van der Waals surface area contributed by atoms with Crippen molar-refractivity contribution in [3.8, 4) is 29.5 Å². The molecular weight excluding hydrogens is 298 g/mol. The fraction of sp³-hybridized carbons (Fsp3) is 0.267. The zero-order valence-electron chi connectivity index (χ0n) is 13.1. The molecule has 0 saturated heterocycles. The number of ether oxygens (including phenoxy) is 2. The third-order valence-electron chi connectivity index (χ3n) is 3.00. The summed E-state index contributed by atoms with van der Waals surface area (Å²) in [6, 6.07) is 5.11. The minimum Gasteiger partial charge on any atom is -0.493 e. The maximum Gasteiger partial charge on any atom is 0.356 e. The van der Waals surface area contributed by atoms with Crippen molar-refractivity contribution in [2.24, 2.45) is 0 Å². The summed E-state index contributed by atoms with van der Waals surface area (Å²) in [6.07, 6.45) is 5.12. The maximum absolute atomic E-state index is 12.3. The summed E-state index contributed by atoms with van der Waals surface area (Å²) in [4.78, 5) is 20.4. The van der Waals surface area contributed by atoms with Gasteiger partial charge in [-0.2, -0.15) is 9.97 Å². The predicted octanol–water partition coefficient (Wildman–Crippen LogP) is 0.503. The van der Waals surface area contributed by atoms with Crippen LogP contribution in [-0.2, 0) is 0 Å². The number of aromatic nitrogens is 3. The van der Waals surface area contributed by atoms with Gasteiger partial charge in [0.15, 0.2) is 11.5 Å². The highest BCUT2D eigenvalue weighted by Crippen LogP contribution is 2.28. The monoisotopic (exact) mass is 315 g/mol. The van der Waals surface area contributed by atoms with Crippen LogP contribution in [-0.4, -0.2) is 35.3 Å². The molecule has 0 saturated carbocycles. The Morgan fingerprint density at radius 1 is 1.26 bits per heavy atom. The number of terminal acetylenes is 1. The van der Waals surface area contributed by atoms with E-state index in [0.29, 0.717) is 23.0 Å². The van der Waals surface area contributed by atoms with Crippen LogP contribution < -0.4 is 26.0 Å². The number of methoxy groups -OCH3 is 2. The molecule has 0 aliphatic carbocycles. The van der Waals surface area contributed by atoms with Crippen molar-refractivity contribution < 1.29 is 9.47 Å². The molecule has 23 heavy (non-hydrogen) atoms. The van der Waals surface area contributed by atoms with E-state index < -0.39 is 5.69 Å². The first-order valence-corrected chi connectivity index (χ1v) is 6.73. The number of hydrogen-bond acceptors (Lipinski definition) is 7. The number of aryl methyl sites for hydroxylation is 1. The van der Waals surface area contributed by atoms with E-state index >= 15 is 0 Å². The Balaban J connectivity index is 2.41. The van der Waals surface area contributed by atoms with E-state index in [2.05, 4.69) is 26.7 Å². The lowest BCUT2D eigenvalue weighted by molar-refractivity contribution is 0.355. The van der Waals surface area contributed by atoms with Gasteiger partial charge in [-0.3, -0.25) is 5.43 Å². The van der Waals surface area contributed by atoms with Gasteiger partial charge in [-0.25, -0.2) is 14.8 Å². The predicted molar refractivity (Wildman–Crippen MR) is 85.9 cm³/mol. The summed E-state index contributed by atoms with van der Waals surface area (Å²) in [6.45, 7) is 1.98. The highest BCUT2D eigenvalue weighted by atomic mass is 16.5. The molecule has 0 amide bonds. The lowest BCUT2D eigenvalue weighted by Gasteiger charge is -2.13. The van der Waals surface area contributed by atoms with Crippen molar-refractivity contribution in [2.75, 3.05) is 26.2 Å². The molecular formula is C15H17N5O3. The summed E-state index contributed by atoms with van der Waals surface area (Å²) in [5.41, 5.74) is 5.48. The molecule has 2 aromatic rings. The Hall–Kier alpha value is -3.05. The lowest BCUT2D eigenvalue weighted by atomic mass is 10.2. The zero-order valence-corrected chi connectivity index (χ0v) is 13.1. The Labute approximate surface area is 133 Å². The molecule has 0 radical (unpaired) electrons. The van der Waals surface area contributed by atoms with Crippen molar-refractivity contribution >= 4 is 5.95 Å². The minimum atomic E-state index is -0.477. The van der Waals surface area contributed by atoms with Crippen LogP contribution in [0.25, 0.3) is 5.69 Å². The standard InChI is InChI=1S/C15H17N5O3/c1-5-8-16-19-14-17-10(2)20(15(21)18-14)11-6-7-12(22-3)13(9-11)23-4/h1,6-7,9,16H,8H2,2-4H3,(H,18,19,21). The van der Waals surface area contributed by atoms with E-state index in [4.69, 9.17) is 15.9 Å². The van der Waals surface area contributed by atoms with E-state index in [1.165, 1.54) is 11.7 Å². The largest absolute Gasteiger partial charge is 0.493 e. The van der Waals surface area contributed by atoms with Gasteiger partial charge in [-0.05, 0) is 19.1 Å². The number of hydrogen-bond donors (Lipinski definition) is 2. The first-order valence-electron chi connectivity index (χ1n) is 6.73. The molecule has 1 aromatic heterocycles. The summed E-state index contributed by atoms with van der Waals surface area (Å²) >= 11 is 0. The molecule has 0 aliphatic rings. The number of anilines is 1. The smallest absolute Gasteiger partial charge is 0.356 e. The van der Waals surface area contributed by atoms with Gasteiger partial charge in [0.05, 0.1) is 26.5 Å². The van der Waals surface area contributed by atoms with Crippen LogP contribution in [0, 0.1) is 19.3 Å². The molecule has 8 heteroatoms. The molecule has 1 aromatic carbocycles. The first-order chi connectivity index (χ1) is 11.1. The number of nitrogens with zero attached hydrogens (tertiary/aromatic N) is 3. The SMILES string of the molecule is C#CCNNc1nc(C)n(-c2ccc(OC)c(OC)c2)c(=O)n1. The van der Waals surface area contributed by atoms with E-state index in [1.807, 2.05) is 0 Å². The van der Waals surface area contributed by atoms with Crippen LogP contribution in [0.5, 0.6) is 11.5 Å². The van der Waals surface area contributed by atoms with Gasteiger partial charge in [0.1, 0.15) is 5.82 Å². The average molecular weight is 315 g/mol. The highest BCUT2D eigenvalue weighted by Gasteiger charge is 2.11. The maximum atomic E-state index is 12.3. The summed E-state index contributed by atoms with van der Waals surface area (Å²) in [5, 5.41) is 0. The van der Waals surface area contributed by atoms with E-state index in [1.54, 1.807) is 32.2 Å². The van der Waals surface area contributed by atoms with Crippen LogP contribution in [0.2, 0.25) is 0 Å². The van der Waals surface area contributed by atoms with Gasteiger partial charge in [0.25, 0.3) is 0 Å². The van der Waals surface area contributed by atoms with Gasteiger partial charge in [0, 0.05) is 6.07 Å². The van der Waals surface area contributed by atoms with Crippen molar-refractivity contribution in [2.45, 2.75) is 6.92 Å². The number of rotatable bonds is 6. The first kappa shape index (κ1) is 16.3. The van der Waals surface area contributed by atoms with Gasteiger partial charge in [-0.1, -0.05) is 5.92 Å². The number of benzene rings is 1. The van der Waals surface area contributed by atoms with Crippen LogP contribution in [0.4, 0.5) is 5.95 Å². The second kappa shape index (κ2) is 7.29. The van der Waals surface area contributed by atoms with Gasteiger partial charge < -0.3 is 9.47 Å². The molecule has 0 fully saturated rings. The van der Waals surface area contributed by atoms with Crippen LogP contribution in [0.15, 0.2) is 23.0 Å². The molecule has 0 spiro atoms. The Morgan fingerprint density at radius 3 is 2.61 bits per heavy atom. The lowest BCUT2D eigenvalue weighted by Crippen LogP contribution is -2.30. The van der Waals surface area contributed by atoms with Crippen molar-refractivity contribution in [1.29, 1.82) is 0 Å². The molecule has 2 rings (SSSR count). The second-order valence-corrected chi connectivity index (χ2v) is 4.43. The Kier molecular flexibility index (Phi) is 5.17. The van der Waals surface area contributed by atoms with Crippen LogP contribution in [0.1, 0.15) is 5.82 Å². The normalized spacial score (nSPS) is 10.0. The summed E-state index contributed by atoms with van der Waals surface area (Å²) < 4.78 is 11.8. The average Bonchev–Trinajstić information content (AvgIpc) is 2.54. The molecule has 2 N–H and O–H groups in total. The van der Waals surface area contributed by atoms with Crippen molar-refractivity contribution in [3.05, 3.63) is 34.5 Å². The van der Waals surface area contributed by atoms with Gasteiger partial charge >= 0.3 is 5.69 Å². The third-order valence-corrected chi connectivity index (χ3v) is 3.00. The van der Waals surface area contributed by atoms with Gasteiger partial charge in [-0.15, -0.1) is 6.42 Å². The molecule has 0 aliphatic heterocycles. The zero-order chi connectivity index (χ0) is 16.8. The summed E-state index contributed by atoms with van der Waals surface area (Å²) in [7, 11) is 3.07. The molecule has 0 atom stereocenters. The number of nitrogens with one attached hydrogen (secondary N) is 2. The minimum absolute atomic E-state index is 0.152.